The number of anilines is 1. The number of carbonyl (C=O) groups excluding carboxylic acids is 2. The normalized spacial score (nSPS) is 18.8. The highest BCUT2D eigenvalue weighted by Crippen LogP contribution is 2.33. The first-order valence-electron chi connectivity index (χ1n) is 10.7. The highest BCUT2D eigenvalue weighted by Gasteiger charge is 2.30. The van der Waals surface area contributed by atoms with Gasteiger partial charge < -0.3 is 25.2 Å². The Labute approximate surface area is 190 Å². The number of hydrogen-bond acceptors (Lipinski definition) is 6. The molecule has 0 atom stereocenters. The lowest BCUT2D eigenvalue weighted by Gasteiger charge is -2.25. The first-order chi connectivity index (χ1) is 15.9. The molecule has 9 nitrogen and oxygen atoms in total. The van der Waals surface area contributed by atoms with Gasteiger partial charge in [-0.25, -0.2) is 0 Å². The van der Waals surface area contributed by atoms with Crippen LogP contribution in [0.1, 0.15) is 47.2 Å². The van der Waals surface area contributed by atoms with Gasteiger partial charge in [0.2, 0.25) is 12.7 Å². The molecule has 2 aromatic carbocycles. The van der Waals surface area contributed by atoms with E-state index in [1.165, 1.54) is 18.2 Å². The van der Waals surface area contributed by atoms with Crippen LogP contribution in [0, 0.1) is 23.2 Å². The third-order valence-corrected chi connectivity index (χ3v) is 5.99. The van der Waals surface area contributed by atoms with Crippen molar-refractivity contribution in [2.75, 3.05) is 12.1 Å². The molecule has 2 aliphatic rings. The van der Waals surface area contributed by atoms with Crippen molar-refractivity contribution < 1.29 is 29.0 Å². The highest BCUT2D eigenvalue weighted by atomic mass is 16.7. The molecule has 0 radical (unpaired) electrons. The van der Waals surface area contributed by atoms with Crippen molar-refractivity contribution in [3.8, 4) is 17.6 Å². The van der Waals surface area contributed by atoms with Gasteiger partial charge in [0.05, 0.1) is 28.8 Å². The summed E-state index contributed by atoms with van der Waals surface area (Å²) in [5.74, 6) is -0.999. The molecule has 1 aliphatic heterocycles. The van der Waals surface area contributed by atoms with Gasteiger partial charge in [-0.15, -0.1) is 0 Å². The van der Waals surface area contributed by atoms with Crippen LogP contribution < -0.4 is 20.1 Å². The first-order valence-corrected chi connectivity index (χ1v) is 10.7. The van der Waals surface area contributed by atoms with Crippen LogP contribution in [0.2, 0.25) is 0 Å². The SMILES string of the molecule is N#Cc1ccc(NC(=O)C2CCC(C(=O)O)CC2)c(C(=O)NCc2ccc3c(c2)OCO3)c1. The molecule has 1 heterocycles. The average Bonchev–Trinajstić information content (AvgIpc) is 3.30. The van der Waals surface area contributed by atoms with Crippen molar-refractivity contribution in [1.29, 1.82) is 5.26 Å². The summed E-state index contributed by atoms with van der Waals surface area (Å²) in [7, 11) is 0. The number of fused-ring (bicyclic) bond motifs is 1. The Balaban J connectivity index is 1.44. The molecule has 33 heavy (non-hydrogen) atoms. The number of nitriles is 1. The Morgan fingerprint density at radius 1 is 1.00 bits per heavy atom. The van der Waals surface area contributed by atoms with Gasteiger partial charge in [-0.05, 0) is 61.6 Å². The molecule has 0 spiro atoms. The van der Waals surface area contributed by atoms with Gasteiger partial charge in [0.1, 0.15) is 0 Å². The van der Waals surface area contributed by atoms with Crippen molar-refractivity contribution in [2.45, 2.75) is 32.2 Å². The molecule has 3 N–H and O–H groups in total. The number of amides is 2. The van der Waals surface area contributed by atoms with Gasteiger partial charge in [0.15, 0.2) is 11.5 Å². The molecule has 0 unspecified atom stereocenters. The van der Waals surface area contributed by atoms with Crippen LogP contribution in [-0.2, 0) is 16.1 Å². The number of carboxylic acids is 1. The maximum atomic E-state index is 12.9. The van der Waals surface area contributed by atoms with E-state index in [1.807, 2.05) is 12.1 Å². The fourth-order valence-corrected chi connectivity index (χ4v) is 4.08. The van der Waals surface area contributed by atoms with E-state index < -0.39 is 17.8 Å². The molecule has 9 heteroatoms. The van der Waals surface area contributed by atoms with Crippen LogP contribution >= 0.6 is 0 Å². The van der Waals surface area contributed by atoms with Gasteiger partial charge >= 0.3 is 5.97 Å². The van der Waals surface area contributed by atoms with Gasteiger partial charge in [0.25, 0.3) is 5.91 Å². The zero-order chi connectivity index (χ0) is 23.4. The maximum Gasteiger partial charge on any atom is 0.306 e. The highest BCUT2D eigenvalue weighted by molar-refractivity contribution is 6.04. The van der Waals surface area contributed by atoms with E-state index in [-0.39, 0.29) is 30.7 Å². The molecule has 2 amide bonds. The number of nitrogens with zero attached hydrogens (tertiary/aromatic N) is 1. The van der Waals surface area contributed by atoms with Crippen LogP contribution in [0.25, 0.3) is 0 Å². The fraction of sp³-hybridized carbons (Fsp3) is 0.333. The van der Waals surface area contributed by atoms with Crippen molar-refractivity contribution in [2.24, 2.45) is 11.8 Å². The monoisotopic (exact) mass is 449 g/mol. The van der Waals surface area contributed by atoms with Crippen LogP contribution in [0.4, 0.5) is 5.69 Å². The Bertz CT molecular complexity index is 1130. The van der Waals surface area contributed by atoms with E-state index in [1.54, 1.807) is 12.1 Å². The van der Waals surface area contributed by atoms with E-state index in [2.05, 4.69) is 10.6 Å². The van der Waals surface area contributed by atoms with Gasteiger partial charge in [0, 0.05) is 12.5 Å². The molecule has 1 saturated carbocycles. The van der Waals surface area contributed by atoms with Gasteiger partial charge in [-0.3, -0.25) is 14.4 Å². The van der Waals surface area contributed by atoms with Crippen molar-refractivity contribution in [1.82, 2.24) is 5.32 Å². The number of aliphatic carboxylic acids is 1. The van der Waals surface area contributed by atoms with E-state index in [0.29, 0.717) is 48.4 Å². The largest absolute Gasteiger partial charge is 0.481 e. The molecular weight excluding hydrogens is 426 g/mol. The molecule has 170 valence electrons. The predicted octanol–water partition coefficient (Wildman–Crippen LogP) is 3.05. The molecular formula is C24H23N3O6. The number of benzene rings is 2. The van der Waals surface area contributed by atoms with E-state index >= 15 is 0 Å². The molecule has 1 aliphatic carbocycles. The average molecular weight is 449 g/mol. The zero-order valence-corrected chi connectivity index (χ0v) is 17.8. The van der Waals surface area contributed by atoms with Crippen LogP contribution in [0.15, 0.2) is 36.4 Å². The molecule has 1 fully saturated rings. The predicted molar refractivity (Wildman–Crippen MR) is 117 cm³/mol. The number of carbonyl (C=O) groups is 3. The quantitative estimate of drug-likeness (QED) is 0.616. The molecule has 0 bridgehead atoms. The van der Waals surface area contributed by atoms with E-state index in [4.69, 9.17) is 14.6 Å². The standard InChI is InChI=1S/C24H23N3O6/c25-11-14-1-7-19(27-22(28)16-3-5-17(6-4-16)24(30)31)18(9-14)23(29)26-12-15-2-8-20-21(10-15)33-13-32-20/h1-2,7-10,16-17H,3-6,12-13H2,(H,26,29)(H,27,28)(H,30,31). The Kier molecular flexibility index (Phi) is 6.45. The fourth-order valence-electron chi connectivity index (χ4n) is 4.08. The number of carboxylic acid groups (broad SMARTS) is 1. The first kappa shape index (κ1) is 22.1. The number of ether oxygens (including phenoxy) is 2. The Hall–Kier alpha value is -4.06. The van der Waals surface area contributed by atoms with Crippen LogP contribution in [-0.4, -0.2) is 29.7 Å². The van der Waals surface area contributed by atoms with Gasteiger partial charge in [-0.2, -0.15) is 5.26 Å². The summed E-state index contributed by atoms with van der Waals surface area (Å²) < 4.78 is 10.6. The molecule has 0 saturated heterocycles. The smallest absolute Gasteiger partial charge is 0.306 e. The summed E-state index contributed by atoms with van der Waals surface area (Å²) in [5, 5.41) is 24.0. The molecule has 0 aromatic heterocycles. The third kappa shape index (κ3) is 5.06. The lowest BCUT2D eigenvalue weighted by Crippen LogP contribution is -2.31. The van der Waals surface area contributed by atoms with Crippen molar-refractivity contribution >= 4 is 23.5 Å². The van der Waals surface area contributed by atoms with E-state index in [0.717, 1.165) is 5.56 Å². The lowest BCUT2D eigenvalue weighted by molar-refractivity contribution is -0.143. The number of rotatable bonds is 6. The Morgan fingerprint density at radius 2 is 1.73 bits per heavy atom. The van der Waals surface area contributed by atoms with Crippen molar-refractivity contribution in [3.63, 3.8) is 0 Å². The second kappa shape index (κ2) is 9.61. The lowest BCUT2D eigenvalue weighted by atomic mass is 9.81. The summed E-state index contributed by atoms with van der Waals surface area (Å²) in [4.78, 5) is 36.8. The summed E-state index contributed by atoms with van der Waals surface area (Å²) in [6.45, 7) is 0.381. The number of nitrogens with one attached hydrogen (secondary N) is 2. The summed E-state index contributed by atoms with van der Waals surface area (Å²) in [6.07, 6.45) is 1.85. The summed E-state index contributed by atoms with van der Waals surface area (Å²) in [5.41, 5.74) is 1.60. The van der Waals surface area contributed by atoms with Crippen LogP contribution in [0.3, 0.4) is 0 Å². The summed E-state index contributed by atoms with van der Waals surface area (Å²) in [6, 6.07) is 11.9. The zero-order valence-electron chi connectivity index (χ0n) is 17.8. The molecule has 4 rings (SSSR count). The number of hydrogen-bond donors (Lipinski definition) is 3. The maximum absolute atomic E-state index is 12.9. The molecule has 2 aromatic rings. The Morgan fingerprint density at radius 3 is 2.45 bits per heavy atom. The third-order valence-electron chi connectivity index (χ3n) is 5.99. The van der Waals surface area contributed by atoms with Crippen molar-refractivity contribution in [3.05, 3.63) is 53.1 Å². The minimum atomic E-state index is -0.831. The van der Waals surface area contributed by atoms with Gasteiger partial charge in [-0.1, -0.05) is 6.07 Å². The van der Waals surface area contributed by atoms with E-state index in [9.17, 15) is 19.6 Å². The minimum Gasteiger partial charge on any atom is -0.481 e. The minimum absolute atomic E-state index is 0.160. The van der Waals surface area contributed by atoms with Crippen LogP contribution in [0.5, 0.6) is 11.5 Å². The topological polar surface area (TPSA) is 138 Å². The summed E-state index contributed by atoms with van der Waals surface area (Å²) >= 11 is 0. The second-order valence-corrected chi connectivity index (χ2v) is 8.12. The second-order valence-electron chi connectivity index (χ2n) is 8.12.